The minimum absolute atomic E-state index is 0.0909. The Morgan fingerprint density at radius 2 is 1.77 bits per heavy atom. The molecule has 1 fully saturated rings. The van der Waals surface area contributed by atoms with Crippen LogP contribution in [0, 0.1) is 5.92 Å². The van der Waals surface area contributed by atoms with Crippen molar-refractivity contribution in [2.24, 2.45) is 11.0 Å². The van der Waals surface area contributed by atoms with Gasteiger partial charge in [-0.25, -0.2) is 5.01 Å². The molecule has 1 aromatic heterocycles. The largest absolute Gasteiger partial charge is 0.496 e. The number of nitrogens with zero attached hydrogens (tertiary/aromatic N) is 4. The molecule has 2 atom stereocenters. The molecule has 2 unspecified atom stereocenters. The summed E-state index contributed by atoms with van der Waals surface area (Å²) in [5, 5.41) is 15.3. The van der Waals surface area contributed by atoms with Crippen LogP contribution in [0.4, 0.5) is 0 Å². The monoisotopic (exact) mass is 536 g/mol. The van der Waals surface area contributed by atoms with Gasteiger partial charge in [-0.05, 0) is 54.2 Å². The SMILES string of the molecule is COc1ccccc1-c1nnc(SCC(=O)N2N=C3/C(=C\c4ccccc4)CCCC3C2c2ccccc2)o1. The van der Waals surface area contributed by atoms with Gasteiger partial charge < -0.3 is 9.15 Å². The number of rotatable bonds is 7. The molecular formula is C31H28N4O3S. The zero-order valence-corrected chi connectivity index (χ0v) is 22.4. The van der Waals surface area contributed by atoms with Crippen molar-refractivity contribution in [1.82, 2.24) is 15.2 Å². The van der Waals surface area contributed by atoms with E-state index in [1.807, 2.05) is 60.7 Å². The Bertz CT molecular complexity index is 1520. The third-order valence-corrected chi connectivity index (χ3v) is 7.90. The van der Waals surface area contributed by atoms with E-state index in [9.17, 15) is 4.79 Å². The first-order chi connectivity index (χ1) is 19.2. The number of hydrazone groups is 1. The van der Waals surface area contributed by atoms with Crippen molar-refractivity contribution in [3.05, 3.63) is 102 Å². The van der Waals surface area contributed by atoms with Gasteiger partial charge in [0.1, 0.15) is 5.75 Å². The van der Waals surface area contributed by atoms with Crippen molar-refractivity contribution in [1.29, 1.82) is 0 Å². The standard InChI is InChI=1S/C31H28N4O3S/c1-37-26-18-9-8-16-24(26)30-32-33-31(38-30)39-20-27(36)35-29(22-13-6-3-7-14-22)25-17-10-15-23(28(25)34-35)19-21-11-4-2-5-12-21/h2-9,11-14,16,18-19,25,29H,10,15,17,20H2,1H3/b23-19-. The highest BCUT2D eigenvalue weighted by Crippen LogP contribution is 2.44. The van der Waals surface area contributed by atoms with Crippen LogP contribution in [0.5, 0.6) is 5.75 Å². The Labute approximate surface area is 231 Å². The Morgan fingerprint density at radius 1 is 1.03 bits per heavy atom. The van der Waals surface area contributed by atoms with Gasteiger partial charge in [0, 0.05) is 5.92 Å². The molecular weight excluding hydrogens is 508 g/mol. The number of carbonyl (C=O) groups is 1. The summed E-state index contributed by atoms with van der Waals surface area (Å²) in [6.07, 6.45) is 5.23. The zero-order valence-electron chi connectivity index (χ0n) is 21.6. The molecule has 3 aromatic carbocycles. The van der Waals surface area contributed by atoms with Gasteiger partial charge in [0.2, 0.25) is 0 Å². The highest BCUT2D eigenvalue weighted by atomic mass is 32.2. The Hall–Kier alpha value is -4.17. The average Bonchev–Trinajstić information content (AvgIpc) is 3.63. The fourth-order valence-electron chi connectivity index (χ4n) is 5.33. The molecule has 1 saturated carbocycles. The van der Waals surface area contributed by atoms with Gasteiger partial charge in [-0.3, -0.25) is 4.79 Å². The molecule has 2 heterocycles. The zero-order chi connectivity index (χ0) is 26.6. The van der Waals surface area contributed by atoms with Crippen LogP contribution in [-0.4, -0.2) is 39.7 Å². The van der Waals surface area contributed by atoms with E-state index in [0.717, 1.165) is 36.1 Å². The Kier molecular flexibility index (Phi) is 7.27. The minimum Gasteiger partial charge on any atom is -0.496 e. The maximum atomic E-state index is 13.7. The molecule has 8 heteroatoms. The van der Waals surface area contributed by atoms with Crippen LogP contribution in [0.15, 0.2) is 105 Å². The summed E-state index contributed by atoms with van der Waals surface area (Å²) < 4.78 is 11.3. The Morgan fingerprint density at radius 3 is 2.56 bits per heavy atom. The fourth-order valence-corrected chi connectivity index (χ4v) is 5.94. The molecule has 0 bridgehead atoms. The molecule has 1 aliphatic carbocycles. The van der Waals surface area contributed by atoms with E-state index in [1.165, 1.54) is 17.3 Å². The van der Waals surface area contributed by atoms with E-state index in [4.69, 9.17) is 14.3 Å². The van der Waals surface area contributed by atoms with Gasteiger partial charge >= 0.3 is 0 Å². The number of hydrogen-bond donors (Lipinski definition) is 0. The van der Waals surface area contributed by atoms with E-state index >= 15 is 0 Å². The molecule has 0 spiro atoms. The normalized spacial score (nSPS) is 19.6. The van der Waals surface area contributed by atoms with Crippen LogP contribution in [0.3, 0.4) is 0 Å². The lowest BCUT2D eigenvalue weighted by molar-refractivity contribution is -0.130. The molecule has 39 heavy (non-hydrogen) atoms. The van der Waals surface area contributed by atoms with E-state index in [-0.39, 0.29) is 23.6 Å². The number of carbonyl (C=O) groups excluding carboxylic acids is 1. The summed E-state index contributed by atoms with van der Waals surface area (Å²) >= 11 is 1.22. The molecule has 0 radical (unpaired) electrons. The molecule has 196 valence electrons. The molecule has 1 aliphatic heterocycles. The van der Waals surface area contributed by atoms with Crippen LogP contribution in [0.2, 0.25) is 0 Å². The van der Waals surface area contributed by atoms with Crippen molar-refractivity contribution in [3.63, 3.8) is 0 Å². The second-order valence-electron chi connectivity index (χ2n) is 9.52. The lowest BCUT2D eigenvalue weighted by Crippen LogP contribution is -2.32. The van der Waals surface area contributed by atoms with E-state index in [2.05, 4.69) is 40.5 Å². The molecule has 2 aliphatic rings. The first-order valence-corrected chi connectivity index (χ1v) is 14.0. The predicted molar refractivity (Wildman–Crippen MR) is 152 cm³/mol. The number of aromatic nitrogens is 2. The van der Waals surface area contributed by atoms with Gasteiger partial charge in [0.25, 0.3) is 17.0 Å². The van der Waals surface area contributed by atoms with Gasteiger partial charge in [-0.2, -0.15) is 5.10 Å². The second kappa shape index (κ2) is 11.3. The van der Waals surface area contributed by atoms with Crippen LogP contribution in [-0.2, 0) is 4.79 Å². The van der Waals surface area contributed by atoms with Gasteiger partial charge in [0.15, 0.2) is 0 Å². The summed E-state index contributed by atoms with van der Waals surface area (Å²) in [5.74, 6) is 1.21. The van der Waals surface area contributed by atoms with Crippen LogP contribution in [0.1, 0.15) is 36.4 Å². The highest BCUT2D eigenvalue weighted by molar-refractivity contribution is 7.99. The number of methoxy groups -OCH3 is 1. The average molecular weight is 537 g/mol. The number of benzene rings is 3. The van der Waals surface area contributed by atoms with Gasteiger partial charge in [-0.1, -0.05) is 84.6 Å². The summed E-state index contributed by atoms with van der Waals surface area (Å²) in [7, 11) is 1.60. The summed E-state index contributed by atoms with van der Waals surface area (Å²) in [6, 6.07) is 27.8. The number of amides is 1. The first kappa shape index (κ1) is 25.1. The predicted octanol–water partition coefficient (Wildman–Crippen LogP) is 6.66. The molecule has 7 nitrogen and oxygen atoms in total. The van der Waals surface area contributed by atoms with Crippen molar-refractivity contribution in [2.75, 3.05) is 12.9 Å². The lowest BCUT2D eigenvalue weighted by Gasteiger charge is -2.29. The second-order valence-corrected chi connectivity index (χ2v) is 10.4. The third kappa shape index (κ3) is 5.25. The molecule has 6 rings (SSSR count). The molecule has 1 amide bonds. The van der Waals surface area contributed by atoms with Crippen molar-refractivity contribution in [2.45, 2.75) is 30.5 Å². The van der Waals surface area contributed by atoms with E-state index in [0.29, 0.717) is 22.4 Å². The first-order valence-electron chi connectivity index (χ1n) is 13.0. The van der Waals surface area contributed by atoms with Crippen LogP contribution in [0.25, 0.3) is 17.5 Å². The summed E-state index contributed by atoms with van der Waals surface area (Å²) in [6.45, 7) is 0. The fraction of sp³-hybridized carbons (Fsp3) is 0.226. The maximum absolute atomic E-state index is 13.7. The quantitative estimate of drug-likeness (QED) is 0.246. The maximum Gasteiger partial charge on any atom is 0.277 e. The summed E-state index contributed by atoms with van der Waals surface area (Å²) in [5.41, 5.74) is 5.18. The molecule has 4 aromatic rings. The van der Waals surface area contributed by atoms with Gasteiger partial charge in [-0.15, -0.1) is 10.2 Å². The smallest absolute Gasteiger partial charge is 0.277 e. The minimum atomic E-state index is -0.138. The number of ether oxygens (including phenoxy) is 1. The van der Waals surface area contributed by atoms with Crippen LogP contribution < -0.4 is 4.74 Å². The van der Waals surface area contributed by atoms with Crippen molar-refractivity contribution in [3.8, 4) is 17.2 Å². The number of hydrogen-bond acceptors (Lipinski definition) is 7. The van der Waals surface area contributed by atoms with Crippen molar-refractivity contribution < 1.29 is 13.9 Å². The van der Waals surface area contributed by atoms with Crippen LogP contribution >= 0.6 is 11.8 Å². The highest BCUT2D eigenvalue weighted by Gasteiger charge is 2.43. The topological polar surface area (TPSA) is 80.8 Å². The number of para-hydroxylation sites is 1. The number of allylic oxidation sites excluding steroid dienone is 1. The summed E-state index contributed by atoms with van der Waals surface area (Å²) in [4.78, 5) is 13.7. The van der Waals surface area contributed by atoms with E-state index < -0.39 is 0 Å². The van der Waals surface area contributed by atoms with Crippen molar-refractivity contribution >= 4 is 29.5 Å². The number of fused-ring (bicyclic) bond motifs is 1. The lowest BCUT2D eigenvalue weighted by atomic mass is 9.77. The Balaban J connectivity index is 1.25. The van der Waals surface area contributed by atoms with Gasteiger partial charge in [0.05, 0.1) is 30.2 Å². The third-order valence-electron chi connectivity index (χ3n) is 7.10. The molecule has 0 saturated heterocycles. The molecule has 0 N–H and O–H groups in total. The van der Waals surface area contributed by atoms with E-state index in [1.54, 1.807) is 12.1 Å². The number of thioether (sulfide) groups is 1.